The Labute approximate surface area is 320 Å². The molecule has 2 N–H and O–H groups in total. The average molecular weight is 753 g/mol. The van der Waals surface area contributed by atoms with Gasteiger partial charge in [0.05, 0.1) is 45.5 Å². The fraction of sp³-hybridized carbons (Fsp3) is 0.605. The Kier molecular flexibility index (Phi) is 9.29. The number of nitrogens with zero attached hydrogens (tertiary/aromatic N) is 5. The smallest absolute Gasteiger partial charge is 0.162 e. The number of ether oxygens (including phenoxy) is 2. The summed E-state index contributed by atoms with van der Waals surface area (Å²) < 4.78 is 35.7. The van der Waals surface area contributed by atoms with Crippen LogP contribution in [0.25, 0.3) is 22.4 Å². The summed E-state index contributed by atoms with van der Waals surface area (Å²) in [6.45, 7) is 8.33. The zero-order valence-electron chi connectivity index (χ0n) is 32.1. The van der Waals surface area contributed by atoms with Crippen LogP contribution in [0.4, 0.5) is 5.82 Å². The van der Waals surface area contributed by atoms with Gasteiger partial charge in [0.15, 0.2) is 5.82 Å². The second-order valence-electron chi connectivity index (χ2n) is 17.3. The molecule has 4 aromatic rings. The van der Waals surface area contributed by atoms with Crippen molar-refractivity contribution in [1.29, 1.82) is 4.78 Å². The van der Waals surface area contributed by atoms with Crippen molar-refractivity contribution in [3.05, 3.63) is 65.6 Å². The summed E-state index contributed by atoms with van der Waals surface area (Å²) in [6, 6.07) is 12.3. The van der Waals surface area contributed by atoms with Crippen LogP contribution >= 0.6 is 0 Å². The van der Waals surface area contributed by atoms with Crippen LogP contribution in [0.3, 0.4) is 0 Å². The van der Waals surface area contributed by atoms with Gasteiger partial charge in [-0.2, -0.15) is 0 Å². The van der Waals surface area contributed by atoms with E-state index in [9.17, 15) is 9.32 Å². The van der Waals surface area contributed by atoms with Gasteiger partial charge in [0, 0.05) is 55.4 Å². The van der Waals surface area contributed by atoms with Gasteiger partial charge in [0.25, 0.3) is 0 Å². The lowest BCUT2D eigenvalue weighted by molar-refractivity contribution is -0.0647. The number of hydrogen-bond acceptors (Lipinski definition) is 9. The van der Waals surface area contributed by atoms with Crippen LogP contribution in [0, 0.1) is 22.0 Å². The van der Waals surface area contributed by atoms with Crippen LogP contribution in [0.5, 0.6) is 5.75 Å². The number of phenolic OH excluding ortho intramolecular Hbond substituents is 1. The topological polar surface area (TPSA) is 126 Å². The number of fused-ring (bicyclic) bond motifs is 6. The zero-order chi connectivity index (χ0) is 37.2. The number of aromatic hydroxyl groups is 1. The normalized spacial score (nSPS) is 29.7. The number of benzene rings is 1. The van der Waals surface area contributed by atoms with Crippen LogP contribution in [-0.2, 0) is 36.9 Å². The van der Waals surface area contributed by atoms with E-state index in [2.05, 4.69) is 41.6 Å². The van der Waals surface area contributed by atoms with Crippen molar-refractivity contribution in [2.45, 2.75) is 114 Å². The molecule has 11 heteroatoms. The number of nitrogens with one attached hydrogen (secondary N) is 1. The summed E-state index contributed by atoms with van der Waals surface area (Å²) in [5.41, 5.74) is 5.67. The van der Waals surface area contributed by atoms with Crippen molar-refractivity contribution in [2.24, 2.45) is 17.3 Å². The average Bonchev–Trinajstić information content (AvgIpc) is 3.80. The third-order valence-corrected chi connectivity index (χ3v) is 16.3. The Balaban J connectivity index is 0.842. The molecule has 7 atom stereocenters. The van der Waals surface area contributed by atoms with E-state index in [-0.39, 0.29) is 11.5 Å². The van der Waals surface area contributed by atoms with Gasteiger partial charge >= 0.3 is 0 Å². The summed E-state index contributed by atoms with van der Waals surface area (Å²) in [4.78, 5) is 17.2. The molecule has 288 valence electrons. The van der Waals surface area contributed by atoms with E-state index in [4.69, 9.17) is 29.2 Å². The van der Waals surface area contributed by atoms with Gasteiger partial charge in [-0.15, -0.1) is 0 Å². The van der Waals surface area contributed by atoms with Crippen molar-refractivity contribution < 1.29 is 18.8 Å². The number of pyridine rings is 1. The highest BCUT2D eigenvalue weighted by Crippen LogP contribution is 2.61. The molecule has 4 heterocycles. The number of aryl methyl sites for hydroxylation is 2. The maximum Gasteiger partial charge on any atom is 0.162 e. The number of aromatic nitrogens is 4. The first kappa shape index (κ1) is 36.1. The van der Waals surface area contributed by atoms with Crippen molar-refractivity contribution in [2.75, 3.05) is 37.5 Å². The summed E-state index contributed by atoms with van der Waals surface area (Å²) in [7, 11) is -2.85. The summed E-state index contributed by atoms with van der Waals surface area (Å²) >= 11 is 0. The highest BCUT2D eigenvalue weighted by atomic mass is 32.2. The zero-order valence-corrected chi connectivity index (χ0v) is 33.0. The monoisotopic (exact) mass is 752 g/mol. The third kappa shape index (κ3) is 6.22. The van der Waals surface area contributed by atoms with Crippen LogP contribution in [0.15, 0.2) is 48.8 Å². The van der Waals surface area contributed by atoms with Crippen LogP contribution in [-0.4, -0.2) is 73.6 Å². The highest BCUT2D eigenvalue weighted by molar-refractivity contribution is 7.93. The van der Waals surface area contributed by atoms with E-state index >= 15 is 0 Å². The maximum absolute atomic E-state index is 13.2. The SMILES string of the molecule is C[C@@H]1COCCN1c1cc(C2(S(C)(=N)=O)CC2)nc(-c2ccnc3c2ccn3CCCCCO[C@H]2CC[C@H]3[C@@H]4CCc5cc(O)ccc5[C@H]4CC[C@]23C)n1. The predicted molar refractivity (Wildman–Crippen MR) is 212 cm³/mol. The first-order chi connectivity index (χ1) is 26.1. The highest BCUT2D eigenvalue weighted by Gasteiger charge is 2.55. The Morgan fingerprint density at radius 3 is 2.74 bits per heavy atom. The Bertz CT molecular complexity index is 2150. The largest absolute Gasteiger partial charge is 0.508 e. The minimum Gasteiger partial charge on any atom is -0.508 e. The minimum absolute atomic E-state index is 0.154. The molecule has 1 saturated heterocycles. The van der Waals surface area contributed by atoms with E-state index in [1.54, 1.807) is 6.26 Å². The van der Waals surface area contributed by atoms with E-state index in [1.165, 1.54) is 43.2 Å². The maximum atomic E-state index is 13.2. The van der Waals surface area contributed by atoms with Gasteiger partial charge in [-0.25, -0.2) is 19.2 Å². The Morgan fingerprint density at radius 1 is 1.06 bits per heavy atom. The van der Waals surface area contributed by atoms with Gasteiger partial charge < -0.3 is 24.0 Å². The molecule has 0 radical (unpaired) electrons. The molecule has 9 rings (SSSR count). The molecule has 5 aliphatic rings. The summed E-state index contributed by atoms with van der Waals surface area (Å²) in [5.74, 6) is 3.91. The van der Waals surface area contributed by atoms with Crippen LogP contribution in [0.1, 0.15) is 101 Å². The number of unbranched alkanes of at least 4 members (excludes halogenated alkanes) is 2. The first-order valence-corrected chi connectivity index (χ1v) is 22.4. The lowest BCUT2D eigenvalue weighted by atomic mass is 9.55. The number of morpholine rings is 1. The van der Waals surface area contributed by atoms with E-state index < -0.39 is 14.5 Å². The van der Waals surface area contributed by atoms with Crippen molar-refractivity contribution >= 4 is 26.6 Å². The summed E-state index contributed by atoms with van der Waals surface area (Å²) in [5, 5.41) is 11.0. The Morgan fingerprint density at radius 2 is 1.93 bits per heavy atom. The molecule has 10 nitrogen and oxygen atoms in total. The minimum atomic E-state index is -2.85. The number of phenols is 1. The molecule has 0 spiro atoms. The molecule has 3 saturated carbocycles. The molecular formula is C43H56N6O4S. The third-order valence-electron chi connectivity index (χ3n) is 14.2. The molecule has 4 aliphatic carbocycles. The van der Waals surface area contributed by atoms with Gasteiger partial charge in [-0.3, -0.25) is 4.78 Å². The molecule has 54 heavy (non-hydrogen) atoms. The van der Waals surface area contributed by atoms with Gasteiger partial charge in [-0.1, -0.05) is 13.0 Å². The van der Waals surface area contributed by atoms with Crippen molar-refractivity contribution in [3.63, 3.8) is 0 Å². The second kappa shape index (κ2) is 13.9. The standard InChI is InChI=1S/C43H56N6O4S/c1-28-27-52-24-22-49(28)39-26-37(43(17-18-43)54(3,44)51)46-40(47-39)34-14-19-45-41-35(34)15-21-48(41)20-5-4-6-23-53-38-12-11-36-33-9-7-29-25-30(50)8-10-31(29)32(33)13-16-42(36,38)2/h8,10,14-15,19,21,25-26,28,32-33,36,38,44,50H,4-7,9,11-13,16-18,20,22-24,27H2,1-3H3/t28-,32-,33-,36+,38+,42+,54?/m1/s1. The summed E-state index contributed by atoms with van der Waals surface area (Å²) in [6.07, 6.45) is 17.7. The number of rotatable bonds is 11. The second-order valence-corrected chi connectivity index (χ2v) is 19.8. The lowest BCUT2D eigenvalue weighted by Crippen LogP contribution is -2.44. The number of anilines is 1. The van der Waals surface area contributed by atoms with E-state index in [0.717, 1.165) is 79.6 Å². The fourth-order valence-corrected chi connectivity index (χ4v) is 12.4. The van der Waals surface area contributed by atoms with Gasteiger partial charge in [0.2, 0.25) is 0 Å². The van der Waals surface area contributed by atoms with Crippen molar-refractivity contribution in [3.8, 4) is 17.1 Å². The molecule has 1 unspecified atom stereocenters. The molecule has 4 fully saturated rings. The van der Waals surface area contributed by atoms with Crippen LogP contribution < -0.4 is 4.90 Å². The number of hydrogen-bond donors (Lipinski definition) is 2. The van der Waals surface area contributed by atoms with Gasteiger partial charge in [-0.05, 0) is 136 Å². The molecule has 0 bridgehead atoms. The first-order valence-electron chi connectivity index (χ1n) is 20.4. The molecule has 1 aromatic carbocycles. The molecule has 0 amide bonds. The quantitative estimate of drug-likeness (QED) is 0.147. The van der Waals surface area contributed by atoms with Crippen LogP contribution in [0.2, 0.25) is 0 Å². The predicted octanol–water partition coefficient (Wildman–Crippen LogP) is 8.20. The fourth-order valence-electron chi connectivity index (χ4n) is 11.0. The molecule has 1 aliphatic heterocycles. The molecule has 3 aromatic heterocycles. The van der Waals surface area contributed by atoms with Crippen molar-refractivity contribution in [1.82, 2.24) is 19.5 Å². The van der Waals surface area contributed by atoms with Gasteiger partial charge in [0.1, 0.15) is 17.2 Å². The lowest BCUT2D eigenvalue weighted by Gasteiger charge is -2.50. The van der Waals surface area contributed by atoms with E-state index in [1.807, 2.05) is 30.5 Å². The van der Waals surface area contributed by atoms with E-state index in [0.29, 0.717) is 55.3 Å². The Hall–Kier alpha value is -3.54. The molecular weight excluding hydrogens is 697 g/mol.